The molecular formula is C16H22N2O2. The minimum atomic E-state index is -0.144. The van der Waals surface area contributed by atoms with Crippen LogP contribution in [-0.4, -0.2) is 18.7 Å². The Balaban J connectivity index is 1.86. The Bertz CT molecular complexity index is 479. The van der Waals surface area contributed by atoms with Gasteiger partial charge in [-0.1, -0.05) is 25.5 Å². The van der Waals surface area contributed by atoms with E-state index in [1.165, 1.54) is 12.8 Å². The molecule has 0 spiro atoms. The summed E-state index contributed by atoms with van der Waals surface area (Å²) in [6.45, 7) is 6.19. The van der Waals surface area contributed by atoms with Crippen molar-refractivity contribution < 1.29 is 9.53 Å². The normalized spacial score (nSPS) is 14.8. The SMILES string of the molecule is C=C(C)COc1cccc(NC(=O)NC2CCCC2)c1. The summed E-state index contributed by atoms with van der Waals surface area (Å²) in [6, 6.07) is 7.56. The number of hydrogen-bond donors (Lipinski definition) is 2. The van der Waals surface area contributed by atoms with Gasteiger partial charge in [-0.25, -0.2) is 4.79 Å². The van der Waals surface area contributed by atoms with Crippen LogP contribution in [-0.2, 0) is 0 Å². The Morgan fingerprint density at radius 1 is 1.40 bits per heavy atom. The van der Waals surface area contributed by atoms with Crippen LogP contribution in [0.25, 0.3) is 0 Å². The van der Waals surface area contributed by atoms with Crippen LogP contribution in [0.5, 0.6) is 5.75 Å². The van der Waals surface area contributed by atoms with Gasteiger partial charge in [0, 0.05) is 17.8 Å². The molecule has 4 heteroatoms. The van der Waals surface area contributed by atoms with Crippen molar-refractivity contribution in [2.45, 2.75) is 38.6 Å². The topological polar surface area (TPSA) is 50.4 Å². The number of carbonyl (C=O) groups excluding carboxylic acids is 1. The van der Waals surface area contributed by atoms with Gasteiger partial charge in [-0.2, -0.15) is 0 Å². The number of anilines is 1. The molecule has 4 nitrogen and oxygen atoms in total. The lowest BCUT2D eigenvalue weighted by Crippen LogP contribution is -2.36. The average molecular weight is 274 g/mol. The van der Waals surface area contributed by atoms with Crippen molar-refractivity contribution in [1.29, 1.82) is 0 Å². The minimum Gasteiger partial charge on any atom is -0.489 e. The van der Waals surface area contributed by atoms with Gasteiger partial charge in [0.1, 0.15) is 12.4 Å². The molecule has 1 fully saturated rings. The van der Waals surface area contributed by atoms with Crippen molar-refractivity contribution in [3.05, 3.63) is 36.4 Å². The number of amides is 2. The third-order valence-corrected chi connectivity index (χ3v) is 3.27. The van der Waals surface area contributed by atoms with Gasteiger partial charge in [-0.3, -0.25) is 0 Å². The molecule has 0 heterocycles. The van der Waals surface area contributed by atoms with Crippen LogP contribution in [0, 0.1) is 0 Å². The molecule has 2 N–H and O–H groups in total. The standard InChI is InChI=1S/C16H22N2O2/c1-12(2)11-20-15-9-5-8-14(10-15)18-16(19)17-13-6-3-4-7-13/h5,8-10,13H,1,3-4,6-7,11H2,2H3,(H2,17,18,19). The van der Waals surface area contributed by atoms with E-state index in [1.807, 2.05) is 31.2 Å². The van der Waals surface area contributed by atoms with Gasteiger partial charge in [0.15, 0.2) is 0 Å². The van der Waals surface area contributed by atoms with E-state index in [-0.39, 0.29) is 6.03 Å². The lowest BCUT2D eigenvalue weighted by atomic mass is 10.2. The van der Waals surface area contributed by atoms with Gasteiger partial charge in [0.25, 0.3) is 0 Å². The molecule has 0 aromatic heterocycles. The number of urea groups is 1. The van der Waals surface area contributed by atoms with E-state index in [9.17, 15) is 4.79 Å². The maximum absolute atomic E-state index is 11.9. The van der Waals surface area contributed by atoms with E-state index in [1.54, 1.807) is 0 Å². The summed E-state index contributed by atoms with van der Waals surface area (Å²) >= 11 is 0. The lowest BCUT2D eigenvalue weighted by Gasteiger charge is -2.13. The molecule has 20 heavy (non-hydrogen) atoms. The minimum absolute atomic E-state index is 0.144. The third-order valence-electron chi connectivity index (χ3n) is 3.27. The smallest absolute Gasteiger partial charge is 0.319 e. The zero-order valence-corrected chi connectivity index (χ0v) is 11.9. The summed E-state index contributed by atoms with van der Waals surface area (Å²) < 4.78 is 5.55. The first-order valence-electron chi connectivity index (χ1n) is 7.08. The van der Waals surface area contributed by atoms with Crippen LogP contribution in [0.1, 0.15) is 32.6 Å². The summed E-state index contributed by atoms with van der Waals surface area (Å²) in [5, 5.41) is 5.84. The van der Waals surface area contributed by atoms with Crippen LogP contribution in [0.3, 0.4) is 0 Å². The van der Waals surface area contributed by atoms with E-state index in [2.05, 4.69) is 17.2 Å². The third kappa shape index (κ3) is 4.61. The zero-order valence-electron chi connectivity index (χ0n) is 11.9. The van der Waals surface area contributed by atoms with Crippen molar-refractivity contribution in [3.8, 4) is 5.75 Å². The van der Waals surface area contributed by atoms with Crippen LogP contribution < -0.4 is 15.4 Å². The summed E-state index contributed by atoms with van der Waals surface area (Å²) in [4.78, 5) is 11.9. The molecule has 1 aromatic carbocycles. The Morgan fingerprint density at radius 3 is 2.85 bits per heavy atom. The molecule has 0 radical (unpaired) electrons. The molecule has 2 rings (SSSR count). The highest BCUT2D eigenvalue weighted by Gasteiger charge is 2.16. The van der Waals surface area contributed by atoms with E-state index in [4.69, 9.17) is 4.74 Å². The second-order valence-electron chi connectivity index (χ2n) is 5.35. The highest BCUT2D eigenvalue weighted by molar-refractivity contribution is 5.89. The Hall–Kier alpha value is -1.97. The van der Waals surface area contributed by atoms with Crippen molar-refractivity contribution in [2.75, 3.05) is 11.9 Å². The molecule has 2 amide bonds. The van der Waals surface area contributed by atoms with Gasteiger partial charge in [-0.15, -0.1) is 0 Å². The summed E-state index contributed by atoms with van der Waals surface area (Å²) in [7, 11) is 0. The largest absolute Gasteiger partial charge is 0.489 e. The molecule has 1 aliphatic rings. The van der Waals surface area contributed by atoms with Crippen molar-refractivity contribution in [2.24, 2.45) is 0 Å². The predicted octanol–water partition coefficient (Wildman–Crippen LogP) is 3.71. The monoisotopic (exact) mass is 274 g/mol. The highest BCUT2D eigenvalue weighted by Crippen LogP contribution is 2.19. The van der Waals surface area contributed by atoms with Gasteiger partial charge in [-0.05, 0) is 37.5 Å². The number of ether oxygens (including phenoxy) is 1. The van der Waals surface area contributed by atoms with Gasteiger partial charge in [0.2, 0.25) is 0 Å². The van der Waals surface area contributed by atoms with Crippen LogP contribution >= 0.6 is 0 Å². The molecule has 0 aliphatic heterocycles. The van der Waals surface area contributed by atoms with Gasteiger partial charge >= 0.3 is 6.03 Å². The van der Waals surface area contributed by atoms with E-state index in [0.717, 1.165) is 29.9 Å². The number of nitrogens with one attached hydrogen (secondary N) is 2. The Kier molecular flexibility index (Phi) is 5.04. The fourth-order valence-electron chi connectivity index (χ4n) is 2.29. The maximum atomic E-state index is 11.9. The first kappa shape index (κ1) is 14.4. The second kappa shape index (κ2) is 6.98. The lowest BCUT2D eigenvalue weighted by molar-refractivity contribution is 0.248. The van der Waals surface area contributed by atoms with Gasteiger partial charge < -0.3 is 15.4 Å². The van der Waals surface area contributed by atoms with E-state index >= 15 is 0 Å². The molecule has 0 unspecified atom stereocenters. The van der Waals surface area contributed by atoms with Crippen molar-refractivity contribution >= 4 is 11.7 Å². The molecule has 0 saturated heterocycles. The fraction of sp³-hybridized carbons (Fsp3) is 0.438. The van der Waals surface area contributed by atoms with E-state index < -0.39 is 0 Å². The molecule has 1 aliphatic carbocycles. The first-order chi connectivity index (χ1) is 9.63. The van der Waals surface area contributed by atoms with E-state index in [0.29, 0.717) is 12.6 Å². The quantitative estimate of drug-likeness (QED) is 0.804. The zero-order chi connectivity index (χ0) is 14.4. The molecule has 0 atom stereocenters. The molecule has 108 valence electrons. The number of rotatable bonds is 5. The Labute approximate surface area is 120 Å². The van der Waals surface area contributed by atoms with Crippen LogP contribution in [0.4, 0.5) is 10.5 Å². The number of benzene rings is 1. The number of hydrogen-bond acceptors (Lipinski definition) is 2. The predicted molar refractivity (Wildman–Crippen MR) is 81.2 cm³/mol. The van der Waals surface area contributed by atoms with Crippen molar-refractivity contribution in [1.82, 2.24) is 5.32 Å². The maximum Gasteiger partial charge on any atom is 0.319 e. The average Bonchev–Trinajstić information content (AvgIpc) is 2.89. The summed E-state index contributed by atoms with van der Waals surface area (Å²) in [5.74, 6) is 0.728. The van der Waals surface area contributed by atoms with Crippen molar-refractivity contribution in [3.63, 3.8) is 0 Å². The summed E-state index contributed by atoms with van der Waals surface area (Å²) in [6.07, 6.45) is 4.56. The second-order valence-corrected chi connectivity index (χ2v) is 5.35. The van der Waals surface area contributed by atoms with Crippen LogP contribution in [0.2, 0.25) is 0 Å². The molecule has 1 aromatic rings. The Morgan fingerprint density at radius 2 is 2.15 bits per heavy atom. The summed E-state index contributed by atoms with van der Waals surface area (Å²) in [5.41, 5.74) is 1.70. The molecule has 1 saturated carbocycles. The van der Waals surface area contributed by atoms with Crippen LogP contribution in [0.15, 0.2) is 36.4 Å². The molecular weight excluding hydrogens is 252 g/mol. The number of carbonyl (C=O) groups is 1. The van der Waals surface area contributed by atoms with Gasteiger partial charge in [0.05, 0.1) is 0 Å². The molecule has 0 bridgehead atoms. The highest BCUT2D eigenvalue weighted by atomic mass is 16.5. The fourth-order valence-corrected chi connectivity index (χ4v) is 2.29. The first-order valence-corrected chi connectivity index (χ1v) is 7.08.